The van der Waals surface area contributed by atoms with E-state index in [1.54, 1.807) is 30.3 Å². The average Bonchev–Trinajstić information content (AvgIpc) is 2.67. The zero-order chi connectivity index (χ0) is 19.2. The van der Waals surface area contributed by atoms with Crippen LogP contribution in [0, 0.1) is 12.7 Å². The number of hydrogen-bond acceptors (Lipinski definition) is 3. The molecule has 138 valence electrons. The van der Waals surface area contributed by atoms with Crippen molar-refractivity contribution in [3.8, 4) is 5.75 Å². The molecule has 3 aromatic rings. The number of carbonyl (C=O) groups is 1. The molecular formula is C22H20FNO3. The summed E-state index contributed by atoms with van der Waals surface area (Å²) in [5, 5.41) is 12.3. The highest BCUT2D eigenvalue weighted by Gasteiger charge is 2.06. The number of ether oxygens (including phenoxy) is 1. The number of hydrogen-bond donors (Lipinski definition) is 2. The Hall–Kier alpha value is -3.34. The molecular weight excluding hydrogens is 345 g/mol. The van der Waals surface area contributed by atoms with Crippen molar-refractivity contribution in [2.75, 3.05) is 5.32 Å². The van der Waals surface area contributed by atoms with Gasteiger partial charge in [0.15, 0.2) is 0 Å². The first kappa shape index (κ1) is 18.5. The van der Waals surface area contributed by atoms with Gasteiger partial charge in [-0.05, 0) is 66.1 Å². The zero-order valence-electron chi connectivity index (χ0n) is 14.9. The fourth-order valence-corrected chi connectivity index (χ4v) is 2.68. The molecule has 0 radical (unpaired) electrons. The number of halogens is 1. The summed E-state index contributed by atoms with van der Waals surface area (Å²) in [6.07, 6.45) is 0. The van der Waals surface area contributed by atoms with Crippen molar-refractivity contribution < 1.29 is 19.0 Å². The molecule has 3 aromatic carbocycles. The monoisotopic (exact) mass is 365 g/mol. The Morgan fingerprint density at radius 3 is 2.52 bits per heavy atom. The fraction of sp³-hybridized carbons (Fsp3) is 0.136. The summed E-state index contributed by atoms with van der Waals surface area (Å²) in [6, 6.07) is 18.9. The third-order valence-corrected chi connectivity index (χ3v) is 4.17. The van der Waals surface area contributed by atoms with E-state index < -0.39 is 5.97 Å². The van der Waals surface area contributed by atoms with Crippen LogP contribution in [0.15, 0.2) is 66.7 Å². The van der Waals surface area contributed by atoms with Gasteiger partial charge in [0.1, 0.15) is 18.2 Å². The summed E-state index contributed by atoms with van der Waals surface area (Å²) in [5.74, 6) is -0.467. The Balaban J connectivity index is 1.60. The van der Waals surface area contributed by atoms with Crippen LogP contribution in [0.4, 0.5) is 10.1 Å². The maximum absolute atomic E-state index is 12.9. The van der Waals surface area contributed by atoms with Gasteiger partial charge >= 0.3 is 5.97 Å². The number of carboxylic acids is 1. The predicted octanol–water partition coefficient (Wildman–Crippen LogP) is 5.02. The number of aromatic carboxylic acids is 1. The first-order valence-electron chi connectivity index (χ1n) is 8.55. The first-order chi connectivity index (χ1) is 13.0. The normalized spacial score (nSPS) is 10.4. The van der Waals surface area contributed by atoms with E-state index in [-0.39, 0.29) is 11.4 Å². The molecule has 3 rings (SSSR count). The van der Waals surface area contributed by atoms with Gasteiger partial charge in [-0.2, -0.15) is 0 Å². The minimum absolute atomic E-state index is 0.265. The van der Waals surface area contributed by atoms with Crippen molar-refractivity contribution in [1.82, 2.24) is 0 Å². The Kier molecular flexibility index (Phi) is 5.71. The molecule has 4 nitrogen and oxygen atoms in total. The third-order valence-electron chi connectivity index (χ3n) is 4.17. The summed E-state index contributed by atoms with van der Waals surface area (Å²) in [6.45, 7) is 2.82. The number of anilines is 1. The maximum atomic E-state index is 12.9. The van der Waals surface area contributed by atoms with Crippen LogP contribution >= 0.6 is 0 Å². The smallest absolute Gasteiger partial charge is 0.335 e. The molecule has 0 spiro atoms. The Labute approximate surface area is 157 Å². The van der Waals surface area contributed by atoms with E-state index >= 15 is 0 Å². The molecule has 27 heavy (non-hydrogen) atoms. The van der Waals surface area contributed by atoms with Crippen LogP contribution in [0.2, 0.25) is 0 Å². The van der Waals surface area contributed by atoms with Gasteiger partial charge in [-0.3, -0.25) is 0 Å². The summed E-state index contributed by atoms with van der Waals surface area (Å²) in [5.41, 5.74) is 3.97. The lowest BCUT2D eigenvalue weighted by Crippen LogP contribution is -2.03. The molecule has 0 amide bonds. The van der Waals surface area contributed by atoms with Crippen molar-refractivity contribution in [1.29, 1.82) is 0 Å². The van der Waals surface area contributed by atoms with E-state index in [1.165, 1.54) is 12.1 Å². The lowest BCUT2D eigenvalue weighted by molar-refractivity contribution is 0.0697. The second kappa shape index (κ2) is 8.36. The van der Waals surface area contributed by atoms with Crippen molar-refractivity contribution in [3.05, 3.63) is 94.8 Å². The number of aryl methyl sites for hydroxylation is 1. The number of nitrogens with one attached hydrogen (secondary N) is 1. The van der Waals surface area contributed by atoms with Crippen LogP contribution in [-0.4, -0.2) is 11.1 Å². The van der Waals surface area contributed by atoms with Crippen LogP contribution < -0.4 is 10.1 Å². The van der Waals surface area contributed by atoms with Crippen LogP contribution in [0.1, 0.15) is 27.0 Å². The highest BCUT2D eigenvalue weighted by Crippen LogP contribution is 2.20. The summed E-state index contributed by atoms with van der Waals surface area (Å²) in [7, 11) is 0. The van der Waals surface area contributed by atoms with Gasteiger partial charge in [0.25, 0.3) is 0 Å². The van der Waals surface area contributed by atoms with E-state index in [1.807, 2.05) is 31.2 Å². The summed E-state index contributed by atoms with van der Waals surface area (Å²) in [4.78, 5) is 11.0. The molecule has 0 saturated carbocycles. The average molecular weight is 365 g/mol. The second-order valence-electron chi connectivity index (χ2n) is 6.25. The highest BCUT2D eigenvalue weighted by atomic mass is 19.1. The van der Waals surface area contributed by atoms with Crippen LogP contribution in [0.3, 0.4) is 0 Å². The molecule has 0 aliphatic carbocycles. The van der Waals surface area contributed by atoms with E-state index in [0.29, 0.717) is 13.2 Å². The molecule has 0 aromatic heterocycles. The van der Waals surface area contributed by atoms with Crippen molar-refractivity contribution in [2.24, 2.45) is 0 Å². The van der Waals surface area contributed by atoms with Gasteiger partial charge in [0.05, 0.1) is 5.56 Å². The van der Waals surface area contributed by atoms with E-state index in [0.717, 1.165) is 28.1 Å². The lowest BCUT2D eigenvalue weighted by atomic mass is 10.1. The van der Waals surface area contributed by atoms with Crippen LogP contribution in [0.25, 0.3) is 0 Å². The number of rotatable bonds is 7. The number of carboxylic acid groups (broad SMARTS) is 1. The largest absolute Gasteiger partial charge is 0.489 e. The fourth-order valence-electron chi connectivity index (χ4n) is 2.68. The molecule has 0 bridgehead atoms. The number of benzene rings is 3. The van der Waals surface area contributed by atoms with E-state index in [9.17, 15) is 9.18 Å². The Bertz CT molecular complexity index is 939. The predicted molar refractivity (Wildman–Crippen MR) is 103 cm³/mol. The molecule has 0 heterocycles. The van der Waals surface area contributed by atoms with Gasteiger partial charge in [0, 0.05) is 12.2 Å². The van der Waals surface area contributed by atoms with Crippen LogP contribution in [-0.2, 0) is 13.2 Å². The zero-order valence-corrected chi connectivity index (χ0v) is 14.9. The van der Waals surface area contributed by atoms with Crippen LogP contribution in [0.5, 0.6) is 5.75 Å². The molecule has 2 N–H and O–H groups in total. The quantitative estimate of drug-likeness (QED) is 0.617. The van der Waals surface area contributed by atoms with Gasteiger partial charge in [-0.25, -0.2) is 9.18 Å². The molecule has 0 aliphatic heterocycles. The highest BCUT2D eigenvalue weighted by molar-refractivity contribution is 5.88. The molecule has 5 heteroatoms. The van der Waals surface area contributed by atoms with Gasteiger partial charge in [0.2, 0.25) is 0 Å². The Morgan fingerprint density at radius 2 is 1.81 bits per heavy atom. The molecule has 0 unspecified atom stereocenters. The minimum atomic E-state index is -0.935. The second-order valence-corrected chi connectivity index (χ2v) is 6.25. The van der Waals surface area contributed by atoms with E-state index in [2.05, 4.69) is 5.32 Å². The van der Waals surface area contributed by atoms with Gasteiger partial charge in [-0.1, -0.05) is 24.3 Å². The topological polar surface area (TPSA) is 58.6 Å². The summed E-state index contributed by atoms with van der Waals surface area (Å²) >= 11 is 0. The lowest BCUT2D eigenvalue weighted by Gasteiger charge is -2.12. The van der Waals surface area contributed by atoms with Crippen molar-refractivity contribution >= 4 is 11.7 Å². The summed E-state index contributed by atoms with van der Waals surface area (Å²) < 4.78 is 18.7. The SMILES string of the molecule is Cc1cc(C(=O)O)ccc1NCc1cccc(OCc2ccc(F)cc2)c1. The first-order valence-corrected chi connectivity index (χ1v) is 8.55. The maximum Gasteiger partial charge on any atom is 0.335 e. The molecule has 0 fully saturated rings. The molecule has 0 aliphatic rings. The van der Waals surface area contributed by atoms with E-state index in [4.69, 9.17) is 9.84 Å². The van der Waals surface area contributed by atoms with Gasteiger partial charge in [-0.15, -0.1) is 0 Å². The minimum Gasteiger partial charge on any atom is -0.489 e. The Morgan fingerprint density at radius 1 is 1.04 bits per heavy atom. The molecule has 0 saturated heterocycles. The third kappa shape index (κ3) is 5.07. The van der Waals surface area contributed by atoms with Crippen molar-refractivity contribution in [3.63, 3.8) is 0 Å². The van der Waals surface area contributed by atoms with Crippen molar-refractivity contribution in [2.45, 2.75) is 20.1 Å². The molecule has 0 atom stereocenters. The van der Waals surface area contributed by atoms with Gasteiger partial charge < -0.3 is 15.2 Å². The standard InChI is InChI=1S/C22H20FNO3/c1-15-11-18(22(25)26)7-10-21(15)24-13-17-3-2-4-20(12-17)27-14-16-5-8-19(23)9-6-16/h2-12,24H,13-14H2,1H3,(H,25,26).